The molecule has 0 aliphatic rings. The van der Waals surface area contributed by atoms with E-state index in [1.165, 1.54) is 0 Å². The summed E-state index contributed by atoms with van der Waals surface area (Å²) in [6.07, 6.45) is 2.35. The second-order valence-electron chi connectivity index (χ2n) is 2.65. The SMILES string of the molecule is O=C(O)/C=C/C(=O)NCCCOCCO. The van der Waals surface area contributed by atoms with Crippen molar-refractivity contribution in [2.75, 3.05) is 26.4 Å². The molecule has 0 aromatic carbocycles. The van der Waals surface area contributed by atoms with E-state index in [0.717, 1.165) is 12.2 Å². The number of aliphatic carboxylic acids is 1. The number of aliphatic hydroxyl groups is 1. The van der Waals surface area contributed by atoms with Gasteiger partial charge in [-0.25, -0.2) is 4.79 Å². The van der Waals surface area contributed by atoms with Gasteiger partial charge in [0, 0.05) is 25.3 Å². The van der Waals surface area contributed by atoms with Crippen LogP contribution in [-0.2, 0) is 14.3 Å². The van der Waals surface area contributed by atoms with Crippen LogP contribution in [0.4, 0.5) is 0 Å². The van der Waals surface area contributed by atoms with Gasteiger partial charge in [-0.1, -0.05) is 0 Å². The minimum atomic E-state index is -1.16. The lowest BCUT2D eigenvalue weighted by molar-refractivity contribution is -0.131. The Bertz CT molecular complexity index is 227. The van der Waals surface area contributed by atoms with Crippen LogP contribution in [0.25, 0.3) is 0 Å². The summed E-state index contributed by atoms with van der Waals surface area (Å²) in [4.78, 5) is 20.9. The second-order valence-corrected chi connectivity index (χ2v) is 2.65. The molecule has 15 heavy (non-hydrogen) atoms. The van der Waals surface area contributed by atoms with Crippen LogP contribution < -0.4 is 5.32 Å². The van der Waals surface area contributed by atoms with Crippen molar-refractivity contribution >= 4 is 11.9 Å². The lowest BCUT2D eigenvalue weighted by Crippen LogP contribution is -2.23. The summed E-state index contributed by atoms with van der Waals surface area (Å²) in [6.45, 7) is 1.12. The van der Waals surface area contributed by atoms with Crippen LogP contribution in [0, 0.1) is 0 Å². The Labute approximate surface area is 87.5 Å². The maximum Gasteiger partial charge on any atom is 0.328 e. The zero-order valence-electron chi connectivity index (χ0n) is 8.31. The van der Waals surface area contributed by atoms with Crippen molar-refractivity contribution < 1.29 is 24.5 Å². The minimum Gasteiger partial charge on any atom is -0.478 e. The number of amides is 1. The highest BCUT2D eigenvalue weighted by atomic mass is 16.5. The van der Waals surface area contributed by atoms with Crippen molar-refractivity contribution in [1.29, 1.82) is 0 Å². The average Bonchev–Trinajstić information content (AvgIpc) is 2.20. The van der Waals surface area contributed by atoms with E-state index in [4.69, 9.17) is 14.9 Å². The summed E-state index contributed by atoms with van der Waals surface area (Å²) in [5.41, 5.74) is 0. The fourth-order valence-electron chi connectivity index (χ4n) is 0.758. The van der Waals surface area contributed by atoms with Crippen LogP contribution in [0.1, 0.15) is 6.42 Å². The van der Waals surface area contributed by atoms with E-state index >= 15 is 0 Å². The van der Waals surface area contributed by atoms with Crippen LogP contribution in [0.3, 0.4) is 0 Å². The Morgan fingerprint density at radius 2 is 2.00 bits per heavy atom. The van der Waals surface area contributed by atoms with E-state index in [9.17, 15) is 9.59 Å². The zero-order chi connectivity index (χ0) is 11.5. The van der Waals surface area contributed by atoms with E-state index in [0.29, 0.717) is 19.6 Å². The van der Waals surface area contributed by atoms with Gasteiger partial charge in [0.2, 0.25) is 5.91 Å². The quantitative estimate of drug-likeness (QED) is 0.363. The van der Waals surface area contributed by atoms with Gasteiger partial charge in [-0.15, -0.1) is 0 Å². The van der Waals surface area contributed by atoms with E-state index in [1.54, 1.807) is 0 Å². The van der Waals surface area contributed by atoms with Gasteiger partial charge < -0.3 is 20.3 Å². The van der Waals surface area contributed by atoms with Crippen molar-refractivity contribution in [3.63, 3.8) is 0 Å². The first-order valence-corrected chi connectivity index (χ1v) is 4.54. The molecular weight excluding hydrogens is 202 g/mol. The summed E-state index contributed by atoms with van der Waals surface area (Å²) in [6, 6.07) is 0. The number of carboxylic acid groups (broad SMARTS) is 1. The van der Waals surface area contributed by atoms with Crippen molar-refractivity contribution in [3.8, 4) is 0 Å². The fraction of sp³-hybridized carbons (Fsp3) is 0.556. The molecule has 0 spiro atoms. The van der Waals surface area contributed by atoms with E-state index in [2.05, 4.69) is 5.32 Å². The third kappa shape index (κ3) is 10.5. The molecule has 0 aliphatic heterocycles. The van der Waals surface area contributed by atoms with Crippen LogP contribution >= 0.6 is 0 Å². The summed E-state index contributed by atoms with van der Waals surface area (Å²) < 4.78 is 4.95. The van der Waals surface area contributed by atoms with Gasteiger partial charge in [0.05, 0.1) is 13.2 Å². The summed E-state index contributed by atoms with van der Waals surface area (Å²) in [5, 5.41) is 19.1. The summed E-state index contributed by atoms with van der Waals surface area (Å²) >= 11 is 0. The van der Waals surface area contributed by atoms with Gasteiger partial charge in [0.25, 0.3) is 0 Å². The molecule has 0 saturated carbocycles. The molecule has 0 heterocycles. The van der Waals surface area contributed by atoms with Gasteiger partial charge in [-0.05, 0) is 6.42 Å². The number of hydrogen-bond donors (Lipinski definition) is 3. The maximum absolute atomic E-state index is 10.9. The van der Waals surface area contributed by atoms with Gasteiger partial charge >= 0.3 is 5.97 Å². The smallest absolute Gasteiger partial charge is 0.328 e. The minimum absolute atomic E-state index is 0.0201. The largest absolute Gasteiger partial charge is 0.478 e. The predicted octanol–water partition coefficient (Wildman–Crippen LogP) is -0.858. The first-order chi connectivity index (χ1) is 7.16. The van der Waals surface area contributed by atoms with Gasteiger partial charge in [-0.3, -0.25) is 4.79 Å². The standard InChI is InChI=1S/C9H15NO5/c11-5-7-15-6-1-4-10-8(12)2-3-9(13)14/h2-3,11H,1,4-7H2,(H,10,12)(H,13,14)/b3-2+. The van der Waals surface area contributed by atoms with Crippen LogP contribution in [-0.4, -0.2) is 48.5 Å². The third-order valence-corrected chi connectivity index (χ3v) is 1.38. The number of aliphatic hydroxyl groups excluding tert-OH is 1. The molecule has 0 radical (unpaired) electrons. The summed E-state index contributed by atoms with van der Waals surface area (Å²) in [5.74, 6) is -1.60. The van der Waals surface area contributed by atoms with E-state index < -0.39 is 11.9 Å². The molecule has 86 valence electrons. The highest BCUT2D eigenvalue weighted by molar-refractivity contribution is 5.93. The first kappa shape index (κ1) is 13.6. The van der Waals surface area contributed by atoms with Crippen molar-refractivity contribution in [2.45, 2.75) is 6.42 Å². The van der Waals surface area contributed by atoms with Crippen LogP contribution in [0.15, 0.2) is 12.2 Å². The van der Waals surface area contributed by atoms with Crippen molar-refractivity contribution in [3.05, 3.63) is 12.2 Å². The normalized spacial score (nSPS) is 10.5. The lowest BCUT2D eigenvalue weighted by Gasteiger charge is -2.02. The van der Waals surface area contributed by atoms with Gasteiger partial charge in [-0.2, -0.15) is 0 Å². The van der Waals surface area contributed by atoms with E-state index in [1.807, 2.05) is 0 Å². The molecular formula is C9H15NO5. The van der Waals surface area contributed by atoms with Gasteiger partial charge in [0.15, 0.2) is 0 Å². The Hall–Kier alpha value is -1.40. The van der Waals surface area contributed by atoms with Crippen LogP contribution in [0.5, 0.6) is 0 Å². The van der Waals surface area contributed by atoms with Crippen molar-refractivity contribution in [2.24, 2.45) is 0 Å². The maximum atomic E-state index is 10.9. The molecule has 0 atom stereocenters. The Morgan fingerprint density at radius 1 is 1.27 bits per heavy atom. The molecule has 0 saturated heterocycles. The fourth-order valence-corrected chi connectivity index (χ4v) is 0.758. The third-order valence-electron chi connectivity index (χ3n) is 1.38. The molecule has 0 aromatic rings. The topological polar surface area (TPSA) is 95.9 Å². The highest BCUT2D eigenvalue weighted by Crippen LogP contribution is 1.81. The average molecular weight is 217 g/mol. The van der Waals surface area contributed by atoms with Crippen molar-refractivity contribution in [1.82, 2.24) is 5.32 Å². The molecule has 0 bridgehead atoms. The first-order valence-electron chi connectivity index (χ1n) is 4.54. The Kier molecular flexibility index (Phi) is 8.31. The number of carboxylic acids is 1. The monoisotopic (exact) mass is 217 g/mol. The molecule has 0 fully saturated rings. The number of hydrogen-bond acceptors (Lipinski definition) is 4. The predicted molar refractivity (Wildman–Crippen MR) is 52.3 cm³/mol. The summed E-state index contributed by atoms with van der Waals surface area (Å²) in [7, 11) is 0. The number of rotatable bonds is 8. The van der Waals surface area contributed by atoms with Gasteiger partial charge in [0.1, 0.15) is 0 Å². The van der Waals surface area contributed by atoms with E-state index in [-0.39, 0.29) is 13.2 Å². The molecule has 0 aliphatic carbocycles. The molecule has 0 rings (SSSR count). The number of nitrogens with one attached hydrogen (secondary N) is 1. The number of carbonyl (C=O) groups is 2. The number of carbonyl (C=O) groups excluding carboxylic acids is 1. The number of ether oxygens (including phenoxy) is 1. The zero-order valence-corrected chi connectivity index (χ0v) is 8.31. The highest BCUT2D eigenvalue weighted by Gasteiger charge is 1.95. The van der Waals surface area contributed by atoms with Crippen LogP contribution in [0.2, 0.25) is 0 Å². The molecule has 6 heteroatoms. The Balaban J connectivity index is 3.35. The Morgan fingerprint density at radius 3 is 2.60 bits per heavy atom. The molecule has 0 unspecified atom stereocenters. The lowest BCUT2D eigenvalue weighted by atomic mass is 10.4. The molecule has 3 N–H and O–H groups in total. The second kappa shape index (κ2) is 9.17. The molecule has 0 aromatic heterocycles. The molecule has 6 nitrogen and oxygen atoms in total. The molecule has 1 amide bonds.